The third-order valence-electron chi connectivity index (χ3n) is 5.89. The Hall–Kier alpha value is -1.89. The molecular weight excluding hydrogens is 384 g/mol. The molecule has 1 heterocycles. The molecule has 1 aliphatic carbocycles. The normalized spacial score (nSPS) is 22.8. The van der Waals surface area contributed by atoms with Crippen molar-refractivity contribution in [3.8, 4) is 0 Å². The van der Waals surface area contributed by atoms with Crippen LogP contribution in [0.5, 0.6) is 0 Å². The summed E-state index contributed by atoms with van der Waals surface area (Å²) < 4.78 is 12.1. The summed E-state index contributed by atoms with van der Waals surface area (Å²) in [5.74, 6) is 1.70. The second kappa shape index (κ2) is 10.8. The van der Waals surface area contributed by atoms with Gasteiger partial charge < -0.3 is 15.5 Å². The zero-order valence-electron chi connectivity index (χ0n) is 17.7. The standard InChI is InChI=1S/C22H34N4O2S/c1-3-29(28)19-10-6-9-18(16-19)25-22(23-2)24-14-7-12-21(27)26-15-13-17-8-4-5-11-20(17)26/h4-5,8,11,18-19H,3,6-7,9-10,12-16H2,1-2H3,(H2,23,24,25). The summed E-state index contributed by atoms with van der Waals surface area (Å²) in [7, 11) is 1.05. The van der Waals surface area contributed by atoms with Crippen LogP contribution in [0, 0.1) is 0 Å². The van der Waals surface area contributed by atoms with Crippen molar-refractivity contribution in [3.05, 3.63) is 29.8 Å². The summed E-state index contributed by atoms with van der Waals surface area (Å²) in [4.78, 5) is 18.8. The van der Waals surface area contributed by atoms with E-state index < -0.39 is 10.8 Å². The lowest BCUT2D eigenvalue weighted by Gasteiger charge is -2.30. The number of nitrogens with one attached hydrogen (secondary N) is 2. The molecule has 1 aliphatic heterocycles. The van der Waals surface area contributed by atoms with Crippen molar-refractivity contribution in [2.24, 2.45) is 4.99 Å². The Morgan fingerprint density at radius 1 is 1.31 bits per heavy atom. The average molecular weight is 419 g/mol. The van der Waals surface area contributed by atoms with E-state index in [4.69, 9.17) is 0 Å². The lowest BCUT2D eigenvalue weighted by molar-refractivity contribution is -0.118. The van der Waals surface area contributed by atoms with E-state index in [1.165, 1.54) is 5.56 Å². The van der Waals surface area contributed by atoms with Crippen molar-refractivity contribution in [3.63, 3.8) is 0 Å². The fraction of sp³-hybridized carbons (Fsp3) is 0.636. The maximum Gasteiger partial charge on any atom is 0.227 e. The van der Waals surface area contributed by atoms with Crippen LogP contribution in [0.1, 0.15) is 51.0 Å². The molecule has 0 radical (unpaired) electrons. The Morgan fingerprint density at radius 2 is 2.14 bits per heavy atom. The second-order valence-electron chi connectivity index (χ2n) is 7.83. The van der Waals surface area contributed by atoms with Gasteiger partial charge in [0.25, 0.3) is 0 Å². The second-order valence-corrected chi connectivity index (χ2v) is 9.83. The van der Waals surface area contributed by atoms with Crippen molar-refractivity contribution >= 4 is 28.4 Å². The summed E-state index contributed by atoms with van der Waals surface area (Å²) in [5, 5.41) is 7.11. The molecule has 1 saturated carbocycles. The van der Waals surface area contributed by atoms with Gasteiger partial charge in [-0.1, -0.05) is 31.5 Å². The summed E-state index contributed by atoms with van der Waals surface area (Å²) in [6, 6.07) is 8.48. The van der Waals surface area contributed by atoms with Crippen LogP contribution in [0.15, 0.2) is 29.3 Å². The number of rotatable bonds is 7. The van der Waals surface area contributed by atoms with Crippen LogP contribution in [0.2, 0.25) is 0 Å². The zero-order chi connectivity index (χ0) is 20.6. The lowest BCUT2D eigenvalue weighted by atomic mass is 9.95. The van der Waals surface area contributed by atoms with E-state index in [0.29, 0.717) is 24.3 Å². The molecule has 0 spiro atoms. The van der Waals surface area contributed by atoms with E-state index in [2.05, 4.69) is 21.7 Å². The van der Waals surface area contributed by atoms with Gasteiger partial charge in [0.2, 0.25) is 5.91 Å². The number of nitrogens with zero attached hydrogens (tertiary/aromatic N) is 2. The Morgan fingerprint density at radius 3 is 2.93 bits per heavy atom. The molecule has 2 aliphatic rings. The highest BCUT2D eigenvalue weighted by Gasteiger charge is 2.26. The number of aliphatic imine (C=N–C) groups is 1. The van der Waals surface area contributed by atoms with Crippen LogP contribution in [-0.4, -0.2) is 53.3 Å². The number of hydrogen-bond acceptors (Lipinski definition) is 3. The Bertz CT molecular complexity index is 752. The highest BCUT2D eigenvalue weighted by Crippen LogP contribution is 2.28. The minimum atomic E-state index is -0.723. The Labute approximate surface area is 177 Å². The molecule has 2 N–H and O–H groups in total. The molecule has 0 aromatic heterocycles. The summed E-state index contributed by atoms with van der Waals surface area (Å²) in [6.07, 6.45) is 6.44. The first-order valence-corrected chi connectivity index (χ1v) is 12.2. The first-order chi connectivity index (χ1) is 14.1. The molecule has 0 saturated heterocycles. The van der Waals surface area contributed by atoms with Gasteiger partial charge in [-0.15, -0.1) is 0 Å². The number of hydrogen-bond donors (Lipinski definition) is 2. The summed E-state index contributed by atoms with van der Waals surface area (Å²) in [6.45, 7) is 3.49. The van der Waals surface area contributed by atoms with E-state index in [0.717, 1.165) is 62.5 Å². The fourth-order valence-electron chi connectivity index (χ4n) is 4.32. The van der Waals surface area contributed by atoms with Crippen LogP contribution in [0.4, 0.5) is 5.69 Å². The topological polar surface area (TPSA) is 73.8 Å². The third-order valence-corrected chi connectivity index (χ3v) is 7.64. The quantitative estimate of drug-likeness (QED) is 0.406. The molecule has 6 nitrogen and oxygen atoms in total. The molecule has 29 heavy (non-hydrogen) atoms. The van der Waals surface area contributed by atoms with E-state index in [1.807, 2.05) is 30.0 Å². The highest BCUT2D eigenvalue weighted by molar-refractivity contribution is 7.85. The predicted molar refractivity (Wildman–Crippen MR) is 121 cm³/mol. The van der Waals surface area contributed by atoms with Gasteiger partial charge in [0.1, 0.15) is 0 Å². The SMILES string of the molecule is CCS(=O)C1CCCC(NC(=NC)NCCCC(=O)N2CCc3ccccc32)C1. The van der Waals surface area contributed by atoms with Crippen molar-refractivity contribution in [2.75, 3.05) is 30.8 Å². The van der Waals surface area contributed by atoms with Crippen molar-refractivity contribution in [1.29, 1.82) is 0 Å². The first kappa shape index (κ1) is 21.8. The van der Waals surface area contributed by atoms with Gasteiger partial charge in [-0.3, -0.25) is 14.0 Å². The van der Waals surface area contributed by atoms with E-state index in [9.17, 15) is 9.00 Å². The average Bonchev–Trinajstić information content (AvgIpc) is 3.19. The molecule has 3 atom stereocenters. The number of anilines is 1. The van der Waals surface area contributed by atoms with Crippen LogP contribution in [0.25, 0.3) is 0 Å². The van der Waals surface area contributed by atoms with Gasteiger partial charge in [0, 0.05) is 60.1 Å². The van der Waals surface area contributed by atoms with Crippen molar-refractivity contribution in [1.82, 2.24) is 10.6 Å². The van der Waals surface area contributed by atoms with Crippen LogP contribution in [-0.2, 0) is 22.0 Å². The van der Waals surface area contributed by atoms with E-state index in [-0.39, 0.29) is 5.91 Å². The molecule has 0 bridgehead atoms. The molecule has 160 valence electrons. The largest absolute Gasteiger partial charge is 0.356 e. The molecule has 1 aromatic carbocycles. The Balaban J connectivity index is 1.39. The van der Waals surface area contributed by atoms with Crippen molar-refractivity contribution in [2.45, 2.75) is 63.2 Å². The molecule has 1 amide bonds. The minimum Gasteiger partial charge on any atom is -0.356 e. The minimum absolute atomic E-state index is 0.192. The molecule has 1 fully saturated rings. The van der Waals surface area contributed by atoms with Gasteiger partial charge in [0.15, 0.2) is 5.96 Å². The van der Waals surface area contributed by atoms with Crippen LogP contribution < -0.4 is 15.5 Å². The summed E-state index contributed by atoms with van der Waals surface area (Å²) in [5.41, 5.74) is 2.33. The van der Waals surface area contributed by atoms with Gasteiger partial charge in [-0.25, -0.2) is 0 Å². The molecular formula is C22H34N4O2S. The van der Waals surface area contributed by atoms with E-state index in [1.54, 1.807) is 7.05 Å². The number of benzene rings is 1. The lowest BCUT2D eigenvalue weighted by Crippen LogP contribution is -2.47. The smallest absolute Gasteiger partial charge is 0.227 e. The van der Waals surface area contributed by atoms with Crippen LogP contribution in [0.3, 0.4) is 0 Å². The number of amides is 1. The Kier molecular flexibility index (Phi) is 8.09. The highest BCUT2D eigenvalue weighted by atomic mass is 32.2. The molecule has 3 rings (SSSR count). The number of fused-ring (bicyclic) bond motifs is 1. The van der Waals surface area contributed by atoms with Gasteiger partial charge in [-0.05, 0) is 43.7 Å². The first-order valence-electron chi connectivity index (χ1n) is 10.8. The van der Waals surface area contributed by atoms with Gasteiger partial charge >= 0.3 is 0 Å². The molecule has 7 heteroatoms. The van der Waals surface area contributed by atoms with Gasteiger partial charge in [-0.2, -0.15) is 0 Å². The van der Waals surface area contributed by atoms with Gasteiger partial charge in [0.05, 0.1) is 0 Å². The third kappa shape index (κ3) is 5.81. The monoisotopic (exact) mass is 418 g/mol. The number of carbonyl (C=O) groups excluding carboxylic acids is 1. The number of para-hydroxylation sites is 1. The fourth-order valence-corrected chi connectivity index (χ4v) is 5.67. The van der Waals surface area contributed by atoms with Crippen molar-refractivity contribution < 1.29 is 9.00 Å². The van der Waals surface area contributed by atoms with Crippen LogP contribution >= 0.6 is 0 Å². The zero-order valence-corrected chi connectivity index (χ0v) is 18.5. The molecule has 1 aromatic rings. The number of guanidine groups is 1. The molecule has 3 unspecified atom stereocenters. The maximum absolute atomic E-state index is 12.6. The van der Waals surface area contributed by atoms with E-state index >= 15 is 0 Å². The summed E-state index contributed by atoms with van der Waals surface area (Å²) >= 11 is 0. The number of carbonyl (C=O) groups is 1. The maximum atomic E-state index is 12.6. The predicted octanol–water partition coefficient (Wildman–Crippen LogP) is 2.60.